The number of rotatable bonds is 2. The molecule has 0 aliphatic heterocycles. The lowest BCUT2D eigenvalue weighted by Crippen LogP contribution is -2.35. The van der Waals surface area contributed by atoms with Gasteiger partial charge in [-0.25, -0.2) is 0 Å². The van der Waals surface area contributed by atoms with Crippen LogP contribution in [0.3, 0.4) is 0 Å². The number of halogens is 5. The van der Waals surface area contributed by atoms with Crippen molar-refractivity contribution >= 4 is 10.1 Å². The molecule has 0 fully saturated rings. The van der Waals surface area contributed by atoms with E-state index in [-0.39, 0.29) is 6.07 Å². The number of benzene rings is 1. The van der Waals surface area contributed by atoms with Crippen molar-refractivity contribution in [3.05, 3.63) is 29.8 Å². The summed E-state index contributed by atoms with van der Waals surface area (Å²) < 4.78 is 92.0. The van der Waals surface area contributed by atoms with Gasteiger partial charge in [0.1, 0.15) is 4.90 Å². The Labute approximate surface area is 92.6 Å². The highest BCUT2D eigenvalue weighted by atomic mass is 32.2. The fourth-order valence-electron chi connectivity index (χ4n) is 1.10. The predicted octanol–water partition coefficient (Wildman–Crippen LogP) is 2.59. The zero-order valence-corrected chi connectivity index (χ0v) is 8.69. The van der Waals surface area contributed by atoms with Crippen molar-refractivity contribution < 1.29 is 34.9 Å². The molecule has 1 aromatic rings. The van der Waals surface area contributed by atoms with Gasteiger partial charge in [0.15, 0.2) is 0 Å². The maximum Gasteiger partial charge on any atom is 0.458 e. The Morgan fingerprint density at radius 3 is 1.88 bits per heavy atom. The highest BCUT2D eigenvalue weighted by molar-refractivity contribution is 7.85. The first kappa shape index (κ1) is 13.8. The van der Waals surface area contributed by atoms with Crippen LogP contribution in [0.4, 0.5) is 22.0 Å². The highest BCUT2D eigenvalue weighted by Gasteiger charge is 2.60. The summed E-state index contributed by atoms with van der Waals surface area (Å²) in [6.45, 7) is 0. The lowest BCUT2D eigenvalue weighted by Gasteiger charge is -2.21. The summed E-state index contributed by atoms with van der Waals surface area (Å²) in [5, 5.41) is 0. The molecule has 0 aliphatic rings. The van der Waals surface area contributed by atoms with Gasteiger partial charge in [0, 0.05) is 0 Å². The van der Waals surface area contributed by atoms with Crippen molar-refractivity contribution in [1.82, 2.24) is 0 Å². The molecule has 17 heavy (non-hydrogen) atoms. The normalized spacial score (nSPS) is 13.8. The molecule has 0 heterocycles. The Morgan fingerprint density at radius 1 is 1.00 bits per heavy atom. The van der Waals surface area contributed by atoms with Crippen LogP contribution in [0.1, 0.15) is 5.56 Å². The Bertz CT molecular complexity index is 520. The maximum absolute atomic E-state index is 13.0. The minimum absolute atomic E-state index is 0.288. The van der Waals surface area contributed by atoms with Crippen molar-refractivity contribution in [2.45, 2.75) is 17.0 Å². The molecule has 1 aromatic carbocycles. The number of alkyl halides is 5. The van der Waals surface area contributed by atoms with Gasteiger partial charge >= 0.3 is 12.1 Å². The lowest BCUT2D eigenvalue weighted by atomic mass is 10.1. The van der Waals surface area contributed by atoms with Crippen LogP contribution in [0.2, 0.25) is 0 Å². The van der Waals surface area contributed by atoms with E-state index >= 15 is 0 Å². The van der Waals surface area contributed by atoms with Gasteiger partial charge in [-0.1, -0.05) is 18.2 Å². The van der Waals surface area contributed by atoms with Crippen LogP contribution in [0.15, 0.2) is 29.2 Å². The number of hydrogen-bond acceptors (Lipinski definition) is 2. The van der Waals surface area contributed by atoms with Crippen LogP contribution < -0.4 is 0 Å². The van der Waals surface area contributed by atoms with Gasteiger partial charge in [-0.3, -0.25) is 4.55 Å². The highest BCUT2D eigenvalue weighted by Crippen LogP contribution is 2.45. The van der Waals surface area contributed by atoms with Gasteiger partial charge in [0.05, 0.1) is 5.56 Å². The zero-order chi connectivity index (χ0) is 13.5. The Kier molecular flexibility index (Phi) is 3.19. The predicted molar refractivity (Wildman–Crippen MR) is 46.2 cm³/mol. The third-order valence-corrected chi connectivity index (χ3v) is 2.77. The Balaban J connectivity index is 3.54. The van der Waals surface area contributed by atoms with Crippen molar-refractivity contribution in [3.63, 3.8) is 0 Å². The average molecular weight is 276 g/mol. The molecule has 0 aliphatic carbocycles. The van der Waals surface area contributed by atoms with Gasteiger partial charge in [-0.2, -0.15) is 30.4 Å². The standard InChI is InChI=1S/C8H5F5O3S/c9-7(10,8(11,12)13)5-3-1-2-4-6(5)17(14,15)16/h1-4H,(H,14,15,16). The molecule has 0 atom stereocenters. The molecular formula is C8H5F5O3S. The summed E-state index contributed by atoms with van der Waals surface area (Å²) in [6.07, 6.45) is -5.95. The zero-order valence-electron chi connectivity index (χ0n) is 7.87. The number of hydrogen-bond donors (Lipinski definition) is 1. The minimum Gasteiger partial charge on any atom is -0.282 e. The molecule has 0 unspecified atom stereocenters. The second kappa shape index (κ2) is 3.91. The first-order chi connectivity index (χ1) is 7.48. The van der Waals surface area contributed by atoms with Crippen LogP contribution in [0, 0.1) is 0 Å². The van der Waals surface area contributed by atoms with Gasteiger partial charge in [0.2, 0.25) is 0 Å². The quantitative estimate of drug-likeness (QED) is 0.667. The summed E-state index contributed by atoms with van der Waals surface area (Å²) in [7, 11) is -5.16. The van der Waals surface area contributed by atoms with Crippen molar-refractivity contribution in [2.24, 2.45) is 0 Å². The maximum atomic E-state index is 13.0. The monoisotopic (exact) mass is 276 g/mol. The summed E-state index contributed by atoms with van der Waals surface area (Å²) in [5.41, 5.74) is -1.81. The molecule has 0 amide bonds. The van der Waals surface area contributed by atoms with E-state index in [9.17, 15) is 30.4 Å². The van der Waals surface area contributed by atoms with Crippen LogP contribution in [-0.4, -0.2) is 19.1 Å². The van der Waals surface area contributed by atoms with Gasteiger partial charge in [-0.05, 0) is 6.07 Å². The van der Waals surface area contributed by atoms with E-state index < -0.39 is 32.7 Å². The molecular weight excluding hydrogens is 271 g/mol. The molecule has 0 spiro atoms. The molecule has 0 radical (unpaired) electrons. The Hall–Kier alpha value is -1.22. The molecule has 9 heteroatoms. The molecule has 0 saturated heterocycles. The topological polar surface area (TPSA) is 54.4 Å². The van der Waals surface area contributed by atoms with E-state index in [1.165, 1.54) is 0 Å². The summed E-state index contributed by atoms with van der Waals surface area (Å²) >= 11 is 0. The van der Waals surface area contributed by atoms with Crippen LogP contribution in [-0.2, 0) is 16.0 Å². The van der Waals surface area contributed by atoms with Crippen LogP contribution in [0.25, 0.3) is 0 Å². The molecule has 0 aromatic heterocycles. The van der Waals surface area contributed by atoms with E-state index in [2.05, 4.69) is 0 Å². The second-order valence-electron chi connectivity index (χ2n) is 3.04. The first-order valence-corrected chi connectivity index (χ1v) is 5.43. The largest absolute Gasteiger partial charge is 0.458 e. The van der Waals surface area contributed by atoms with E-state index in [4.69, 9.17) is 4.55 Å². The molecule has 3 nitrogen and oxygen atoms in total. The lowest BCUT2D eigenvalue weighted by molar-refractivity contribution is -0.290. The van der Waals surface area contributed by atoms with Crippen molar-refractivity contribution in [3.8, 4) is 0 Å². The van der Waals surface area contributed by atoms with Gasteiger partial charge < -0.3 is 0 Å². The van der Waals surface area contributed by atoms with Crippen LogP contribution >= 0.6 is 0 Å². The average Bonchev–Trinajstić information content (AvgIpc) is 2.14. The van der Waals surface area contributed by atoms with Crippen molar-refractivity contribution in [2.75, 3.05) is 0 Å². The third-order valence-electron chi connectivity index (χ3n) is 1.86. The fourth-order valence-corrected chi connectivity index (χ4v) is 1.83. The summed E-state index contributed by atoms with van der Waals surface area (Å²) in [4.78, 5) is -1.47. The molecule has 1 rings (SSSR count). The van der Waals surface area contributed by atoms with E-state index in [1.807, 2.05) is 0 Å². The summed E-state index contributed by atoms with van der Waals surface area (Å²) in [5.74, 6) is -5.36. The molecule has 0 bridgehead atoms. The van der Waals surface area contributed by atoms with E-state index in [0.29, 0.717) is 6.07 Å². The van der Waals surface area contributed by atoms with Gasteiger partial charge in [0.25, 0.3) is 10.1 Å². The minimum atomic E-state index is -5.95. The Morgan fingerprint density at radius 2 is 1.47 bits per heavy atom. The fraction of sp³-hybridized carbons (Fsp3) is 0.250. The van der Waals surface area contributed by atoms with Crippen molar-refractivity contribution in [1.29, 1.82) is 0 Å². The van der Waals surface area contributed by atoms with Crippen LogP contribution in [0.5, 0.6) is 0 Å². The molecule has 96 valence electrons. The van der Waals surface area contributed by atoms with Gasteiger partial charge in [-0.15, -0.1) is 0 Å². The molecule has 1 N–H and O–H groups in total. The third kappa shape index (κ3) is 2.55. The van der Waals surface area contributed by atoms with E-state index in [1.54, 1.807) is 0 Å². The van der Waals surface area contributed by atoms with E-state index in [0.717, 1.165) is 12.1 Å². The second-order valence-corrected chi connectivity index (χ2v) is 4.43. The SMILES string of the molecule is O=S(=O)(O)c1ccccc1C(F)(F)C(F)(F)F. The smallest absolute Gasteiger partial charge is 0.282 e. The first-order valence-electron chi connectivity index (χ1n) is 3.99. The molecule has 0 saturated carbocycles. The summed E-state index contributed by atoms with van der Waals surface area (Å²) in [6, 6.07) is 2.48.